The molecular weight excluding hydrogens is 286 g/mol. The quantitative estimate of drug-likeness (QED) is 0.505. The molecule has 0 saturated heterocycles. The maximum absolute atomic E-state index is 11.1. The number of nitrogens with zero attached hydrogens (tertiary/aromatic N) is 3. The average molecular weight is 296 g/mol. The van der Waals surface area contributed by atoms with Gasteiger partial charge in [-0.15, -0.1) is 0 Å². The number of hydrazine groups is 1. The number of aryl methyl sites for hydroxylation is 1. The molecule has 0 atom stereocenters. The van der Waals surface area contributed by atoms with Crippen molar-refractivity contribution in [3.8, 4) is 11.6 Å². The number of nitro groups is 1. The molecule has 1 aromatic heterocycles. The molecule has 9 heteroatoms. The van der Waals surface area contributed by atoms with Crippen LogP contribution < -0.4 is 16.0 Å². The minimum atomic E-state index is -0.526. The van der Waals surface area contributed by atoms with Crippen molar-refractivity contribution in [2.75, 3.05) is 5.43 Å². The summed E-state index contributed by atoms with van der Waals surface area (Å²) in [5.41, 5.74) is 2.55. The second-order valence-electron chi connectivity index (χ2n) is 3.77. The van der Waals surface area contributed by atoms with Crippen LogP contribution in [0.2, 0.25) is 5.02 Å². The SMILES string of the molecule is Cc1cccc(Oc2nc(NN)ncc2Cl)c1[N+](=O)[O-]. The molecule has 0 fully saturated rings. The number of halogens is 1. The molecule has 3 N–H and O–H groups in total. The summed E-state index contributed by atoms with van der Waals surface area (Å²) in [6, 6.07) is 4.70. The van der Waals surface area contributed by atoms with Gasteiger partial charge >= 0.3 is 5.69 Å². The molecule has 0 bridgehead atoms. The molecule has 0 aliphatic heterocycles. The smallest absolute Gasteiger partial charge is 0.314 e. The highest BCUT2D eigenvalue weighted by Gasteiger charge is 2.20. The maximum atomic E-state index is 11.1. The van der Waals surface area contributed by atoms with E-state index in [-0.39, 0.29) is 28.3 Å². The Morgan fingerprint density at radius 3 is 2.90 bits per heavy atom. The Hall–Kier alpha value is -2.45. The van der Waals surface area contributed by atoms with E-state index in [1.54, 1.807) is 19.1 Å². The van der Waals surface area contributed by atoms with Crippen molar-refractivity contribution in [3.63, 3.8) is 0 Å². The van der Waals surface area contributed by atoms with E-state index < -0.39 is 4.92 Å². The van der Waals surface area contributed by atoms with Gasteiger partial charge in [0.15, 0.2) is 0 Å². The summed E-state index contributed by atoms with van der Waals surface area (Å²) in [6.45, 7) is 1.61. The third kappa shape index (κ3) is 2.76. The number of nitrogens with one attached hydrogen (secondary N) is 1. The molecule has 8 nitrogen and oxygen atoms in total. The Kier molecular flexibility index (Phi) is 3.97. The predicted molar refractivity (Wildman–Crippen MR) is 72.8 cm³/mol. The van der Waals surface area contributed by atoms with Crippen molar-refractivity contribution in [1.29, 1.82) is 0 Å². The number of para-hydroxylation sites is 1. The van der Waals surface area contributed by atoms with Crippen LogP contribution in [0.15, 0.2) is 24.4 Å². The normalized spacial score (nSPS) is 10.2. The number of hydrogen-bond donors (Lipinski definition) is 2. The van der Waals surface area contributed by atoms with Gasteiger partial charge in [-0.3, -0.25) is 15.5 Å². The molecule has 0 aliphatic rings. The Labute approximate surface area is 118 Å². The summed E-state index contributed by atoms with van der Waals surface area (Å²) in [5.74, 6) is 5.28. The minimum absolute atomic E-state index is 0.0247. The molecule has 0 unspecified atom stereocenters. The van der Waals surface area contributed by atoms with Gasteiger partial charge in [0.05, 0.1) is 11.1 Å². The molecule has 1 heterocycles. The highest BCUT2D eigenvalue weighted by atomic mass is 35.5. The van der Waals surface area contributed by atoms with E-state index in [2.05, 4.69) is 15.4 Å². The van der Waals surface area contributed by atoms with Crippen LogP contribution in [0.4, 0.5) is 11.6 Å². The molecule has 1 aromatic carbocycles. The topological polar surface area (TPSA) is 116 Å². The number of ether oxygens (including phenoxy) is 1. The van der Waals surface area contributed by atoms with E-state index in [4.69, 9.17) is 22.2 Å². The number of anilines is 1. The zero-order valence-corrected chi connectivity index (χ0v) is 11.1. The molecule has 0 radical (unpaired) electrons. The van der Waals surface area contributed by atoms with Crippen molar-refractivity contribution >= 4 is 23.2 Å². The lowest BCUT2D eigenvalue weighted by Crippen LogP contribution is -2.10. The number of benzene rings is 1. The van der Waals surface area contributed by atoms with Crippen molar-refractivity contribution < 1.29 is 9.66 Å². The molecule has 2 rings (SSSR count). The summed E-state index contributed by atoms with van der Waals surface area (Å²) < 4.78 is 5.40. The van der Waals surface area contributed by atoms with Crippen molar-refractivity contribution in [2.45, 2.75) is 6.92 Å². The van der Waals surface area contributed by atoms with Crippen LogP contribution in [0, 0.1) is 17.0 Å². The Bertz CT molecular complexity index is 665. The van der Waals surface area contributed by atoms with Gasteiger partial charge < -0.3 is 4.74 Å². The standard InChI is InChI=1S/C11H10ClN5O3/c1-6-3-2-4-8(9(6)17(18)19)20-10-7(12)5-14-11(15-10)16-13/h2-5H,13H2,1H3,(H,14,15,16). The fourth-order valence-corrected chi connectivity index (χ4v) is 1.67. The highest BCUT2D eigenvalue weighted by molar-refractivity contribution is 6.31. The Balaban J connectivity index is 2.45. The number of nitro benzene ring substituents is 1. The fourth-order valence-electron chi connectivity index (χ4n) is 1.55. The van der Waals surface area contributed by atoms with Crippen molar-refractivity contribution in [2.24, 2.45) is 5.84 Å². The second-order valence-corrected chi connectivity index (χ2v) is 4.18. The largest absolute Gasteiger partial charge is 0.430 e. The predicted octanol–water partition coefficient (Wildman–Crippen LogP) is 2.42. The maximum Gasteiger partial charge on any atom is 0.314 e. The van der Waals surface area contributed by atoms with Crippen molar-refractivity contribution in [1.82, 2.24) is 9.97 Å². The number of aromatic nitrogens is 2. The first-order valence-corrected chi connectivity index (χ1v) is 5.81. The van der Waals surface area contributed by atoms with E-state index in [0.717, 1.165) is 0 Å². The first-order chi connectivity index (χ1) is 9.52. The third-order valence-corrected chi connectivity index (χ3v) is 2.69. The fraction of sp³-hybridized carbons (Fsp3) is 0.0909. The summed E-state index contributed by atoms with van der Waals surface area (Å²) in [5, 5.41) is 11.2. The molecule has 0 amide bonds. The number of rotatable bonds is 4. The number of hydrogen-bond acceptors (Lipinski definition) is 7. The minimum Gasteiger partial charge on any atom is -0.430 e. The summed E-state index contributed by atoms with van der Waals surface area (Å²) in [6.07, 6.45) is 1.28. The third-order valence-electron chi connectivity index (χ3n) is 2.43. The van der Waals surface area contributed by atoms with Crippen LogP contribution in [0.5, 0.6) is 11.6 Å². The van der Waals surface area contributed by atoms with Crippen LogP contribution in [0.25, 0.3) is 0 Å². The molecule has 0 saturated carbocycles. The van der Waals surface area contributed by atoms with Gasteiger partial charge in [0.25, 0.3) is 0 Å². The summed E-state index contributed by atoms with van der Waals surface area (Å²) >= 11 is 5.89. The molecule has 0 aliphatic carbocycles. The average Bonchev–Trinajstić information content (AvgIpc) is 2.41. The van der Waals surface area contributed by atoms with Crippen molar-refractivity contribution in [3.05, 3.63) is 45.1 Å². The van der Waals surface area contributed by atoms with Crippen LogP contribution in [0.3, 0.4) is 0 Å². The van der Waals surface area contributed by atoms with Gasteiger partial charge in [-0.25, -0.2) is 10.8 Å². The van der Waals surface area contributed by atoms with Gasteiger partial charge in [-0.1, -0.05) is 23.7 Å². The first-order valence-electron chi connectivity index (χ1n) is 5.44. The lowest BCUT2D eigenvalue weighted by molar-refractivity contribution is -0.386. The van der Waals surface area contributed by atoms with Gasteiger partial charge in [0.1, 0.15) is 5.02 Å². The lowest BCUT2D eigenvalue weighted by Gasteiger charge is -2.08. The number of nitrogen functional groups attached to an aromatic ring is 1. The van der Waals surface area contributed by atoms with Crippen LogP contribution in [0.1, 0.15) is 5.56 Å². The monoisotopic (exact) mass is 295 g/mol. The molecule has 104 valence electrons. The van der Waals surface area contributed by atoms with Crippen LogP contribution in [-0.2, 0) is 0 Å². The van der Waals surface area contributed by atoms with E-state index in [1.807, 2.05) is 0 Å². The van der Waals surface area contributed by atoms with Gasteiger partial charge in [-0.05, 0) is 13.0 Å². The number of nitrogens with two attached hydrogens (primary N) is 1. The zero-order valence-electron chi connectivity index (χ0n) is 10.3. The van der Waals surface area contributed by atoms with Crippen LogP contribution in [-0.4, -0.2) is 14.9 Å². The van der Waals surface area contributed by atoms with E-state index >= 15 is 0 Å². The molecule has 20 heavy (non-hydrogen) atoms. The Morgan fingerprint density at radius 1 is 1.50 bits per heavy atom. The summed E-state index contributed by atoms with van der Waals surface area (Å²) in [4.78, 5) is 18.2. The lowest BCUT2D eigenvalue weighted by atomic mass is 10.2. The van der Waals surface area contributed by atoms with Gasteiger partial charge in [0.2, 0.25) is 17.6 Å². The summed E-state index contributed by atoms with van der Waals surface area (Å²) in [7, 11) is 0. The van der Waals surface area contributed by atoms with E-state index in [0.29, 0.717) is 5.56 Å². The van der Waals surface area contributed by atoms with E-state index in [1.165, 1.54) is 12.3 Å². The van der Waals surface area contributed by atoms with Gasteiger partial charge in [-0.2, -0.15) is 4.98 Å². The van der Waals surface area contributed by atoms with Gasteiger partial charge in [0, 0.05) is 5.56 Å². The Morgan fingerprint density at radius 2 is 2.25 bits per heavy atom. The van der Waals surface area contributed by atoms with Crippen LogP contribution >= 0.6 is 11.6 Å². The second kappa shape index (κ2) is 5.68. The molecular formula is C11H10ClN5O3. The first kappa shape index (κ1) is 14.0. The molecule has 0 spiro atoms. The van der Waals surface area contributed by atoms with E-state index in [9.17, 15) is 10.1 Å². The molecule has 2 aromatic rings. The zero-order chi connectivity index (χ0) is 14.7. The highest BCUT2D eigenvalue weighted by Crippen LogP contribution is 2.35.